The van der Waals surface area contributed by atoms with Crippen LogP contribution in [0.5, 0.6) is 0 Å². The number of benzene rings is 1. The summed E-state index contributed by atoms with van der Waals surface area (Å²) in [7, 11) is 0. The largest absolute Gasteiger partial charge is 0.478 e. The number of fused-ring (bicyclic) bond motifs is 1. The molecule has 1 amide bonds. The molecule has 2 heterocycles. The van der Waals surface area contributed by atoms with Crippen molar-refractivity contribution in [2.45, 2.75) is 6.54 Å². The van der Waals surface area contributed by atoms with Crippen LogP contribution in [-0.2, 0) is 6.54 Å². The third-order valence-corrected chi connectivity index (χ3v) is 3.72. The zero-order chi connectivity index (χ0) is 17.8. The van der Waals surface area contributed by atoms with E-state index in [9.17, 15) is 14.4 Å². The fraction of sp³-hybridized carbons (Fsp3) is 0.111. The maximum absolute atomic E-state index is 12.2. The van der Waals surface area contributed by atoms with E-state index < -0.39 is 5.97 Å². The standard InChI is InChI=1S/C18H15N3O4/c22-16-6-5-13(18(24)25)11-21(16)8-7-19-17(23)14-9-12-3-1-2-4-15(12)20-10-14/h1-6,9-11H,7-8H2,(H,19,23)(H,24,25). The number of hydrogen-bond donors (Lipinski definition) is 2. The fourth-order valence-electron chi connectivity index (χ4n) is 2.42. The number of nitrogens with zero attached hydrogens (tertiary/aromatic N) is 2. The van der Waals surface area contributed by atoms with Crippen LogP contribution in [0, 0.1) is 0 Å². The SMILES string of the molecule is O=C(O)c1ccc(=O)n(CCNC(=O)c2cnc3ccccc3c2)c1. The number of aromatic carboxylic acids is 1. The maximum atomic E-state index is 12.2. The van der Waals surface area contributed by atoms with Gasteiger partial charge in [0, 0.05) is 36.9 Å². The van der Waals surface area contributed by atoms with Crippen LogP contribution in [-0.4, -0.2) is 33.1 Å². The van der Waals surface area contributed by atoms with Gasteiger partial charge in [0.2, 0.25) is 0 Å². The molecule has 0 radical (unpaired) electrons. The second kappa shape index (κ2) is 6.96. The number of pyridine rings is 2. The lowest BCUT2D eigenvalue weighted by Crippen LogP contribution is -2.30. The quantitative estimate of drug-likeness (QED) is 0.735. The number of amides is 1. The van der Waals surface area contributed by atoms with Gasteiger partial charge in [0.1, 0.15) is 0 Å². The molecule has 3 rings (SSSR count). The lowest BCUT2D eigenvalue weighted by molar-refractivity contribution is 0.0695. The van der Waals surface area contributed by atoms with Crippen molar-refractivity contribution in [3.05, 3.63) is 76.3 Å². The van der Waals surface area contributed by atoms with Crippen molar-refractivity contribution in [3.8, 4) is 0 Å². The first-order valence-corrected chi connectivity index (χ1v) is 7.61. The molecule has 1 aromatic carbocycles. The summed E-state index contributed by atoms with van der Waals surface area (Å²) < 4.78 is 1.25. The summed E-state index contributed by atoms with van der Waals surface area (Å²) in [6.45, 7) is 0.362. The molecule has 0 bridgehead atoms. The number of carboxylic acids is 1. The van der Waals surface area contributed by atoms with Crippen LogP contribution in [0.1, 0.15) is 20.7 Å². The lowest BCUT2D eigenvalue weighted by Gasteiger charge is -2.08. The minimum atomic E-state index is -1.11. The van der Waals surface area contributed by atoms with Crippen LogP contribution < -0.4 is 10.9 Å². The van der Waals surface area contributed by atoms with Crippen molar-refractivity contribution in [1.82, 2.24) is 14.9 Å². The van der Waals surface area contributed by atoms with Crippen molar-refractivity contribution in [1.29, 1.82) is 0 Å². The first kappa shape index (κ1) is 16.4. The predicted octanol–water partition coefficient (Wildman–Crippen LogP) is 1.52. The third-order valence-electron chi connectivity index (χ3n) is 3.72. The average molecular weight is 337 g/mol. The van der Waals surface area contributed by atoms with Crippen molar-refractivity contribution in [3.63, 3.8) is 0 Å². The number of hydrogen-bond acceptors (Lipinski definition) is 4. The maximum Gasteiger partial charge on any atom is 0.337 e. The van der Waals surface area contributed by atoms with E-state index in [0.29, 0.717) is 5.56 Å². The third kappa shape index (κ3) is 3.72. The molecule has 25 heavy (non-hydrogen) atoms. The number of nitrogens with one attached hydrogen (secondary N) is 1. The topological polar surface area (TPSA) is 101 Å². The van der Waals surface area contributed by atoms with E-state index in [-0.39, 0.29) is 30.1 Å². The molecule has 126 valence electrons. The van der Waals surface area contributed by atoms with Gasteiger partial charge in [-0.1, -0.05) is 18.2 Å². The van der Waals surface area contributed by atoms with E-state index in [0.717, 1.165) is 10.9 Å². The number of aromatic nitrogens is 2. The fourth-order valence-corrected chi connectivity index (χ4v) is 2.42. The highest BCUT2D eigenvalue weighted by atomic mass is 16.4. The second-order valence-corrected chi connectivity index (χ2v) is 5.43. The molecule has 2 N–H and O–H groups in total. The summed E-state index contributed by atoms with van der Waals surface area (Å²) in [5.41, 5.74) is 0.915. The number of carbonyl (C=O) groups excluding carboxylic acids is 1. The molecule has 0 saturated heterocycles. The highest BCUT2D eigenvalue weighted by Crippen LogP contribution is 2.12. The number of rotatable bonds is 5. The minimum absolute atomic E-state index is 0.0182. The molecule has 0 aliphatic rings. The normalized spacial score (nSPS) is 10.6. The van der Waals surface area contributed by atoms with Crippen LogP contribution >= 0.6 is 0 Å². The highest BCUT2D eigenvalue weighted by Gasteiger charge is 2.08. The smallest absolute Gasteiger partial charge is 0.337 e. The first-order valence-electron chi connectivity index (χ1n) is 7.61. The molecule has 0 unspecified atom stereocenters. The Labute approximate surface area is 142 Å². The van der Waals surface area contributed by atoms with Gasteiger partial charge >= 0.3 is 5.97 Å². The summed E-state index contributed by atoms with van der Waals surface area (Å²) in [5, 5.41) is 12.5. The van der Waals surface area contributed by atoms with E-state index in [1.165, 1.54) is 29.1 Å². The Morgan fingerprint density at radius 1 is 1.12 bits per heavy atom. The Morgan fingerprint density at radius 3 is 2.72 bits per heavy atom. The van der Waals surface area contributed by atoms with Gasteiger partial charge in [-0.2, -0.15) is 0 Å². The number of carbonyl (C=O) groups is 2. The summed E-state index contributed by atoms with van der Waals surface area (Å²) in [6, 6.07) is 11.7. The summed E-state index contributed by atoms with van der Waals surface area (Å²) in [5.74, 6) is -1.42. The van der Waals surface area contributed by atoms with Gasteiger partial charge < -0.3 is 15.0 Å². The Hall–Kier alpha value is -3.48. The van der Waals surface area contributed by atoms with Gasteiger partial charge in [0.25, 0.3) is 11.5 Å². The van der Waals surface area contributed by atoms with Crippen LogP contribution in [0.25, 0.3) is 10.9 Å². The van der Waals surface area contributed by atoms with E-state index in [1.807, 2.05) is 24.3 Å². The second-order valence-electron chi connectivity index (χ2n) is 5.43. The molecule has 2 aromatic heterocycles. The molecule has 0 atom stereocenters. The first-order chi connectivity index (χ1) is 12.0. The zero-order valence-corrected chi connectivity index (χ0v) is 13.2. The van der Waals surface area contributed by atoms with Gasteiger partial charge in [-0.15, -0.1) is 0 Å². The molecule has 0 aliphatic heterocycles. The summed E-state index contributed by atoms with van der Waals surface area (Å²) in [6.07, 6.45) is 2.75. The molecular formula is C18H15N3O4. The molecule has 0 spiro atoms. The van der Waals surface area contributed by atoms with Crippen molar-refractivity contribution >= 4 is 22.8 Å². The Bertz CT molecular complexity index is 1010. The van der Waals surface area contributed by atoms with E-state index in [2.05, 4.69) is 10.3 Å². The number of carboxylic acid groups (broad SMARTS) is 1. The van der Waals surface area contributed by atoms with Crippen LogP contribution in [0.15, 0.2) is 59.7 Å². The lowest BCUT2D eigenvalue weighted by atomic mass is 10.1. The van der Waals surface area contributed by atoms with Crippen molar-refractivity contribution < 1.29 is 14.7 Å². The molecular weight excluding hydrogens is 322 g/mol. The Kier molecular flexibility index (Phi) is 4.56. The van der Waals surface area contributed by atoms with E-state index in [4.69, 9.17) is 5.11 Å². The van der Waals surface area contributed by atoms with Crippen LogP contribution in [0.4, 0.5) is 0 Å². The molecule has 0 aliphatic carbocycles. The number of para-hydroxylation sites is 1. The predicted molar refractivity (Wildman–Crippen MR) is 91.7 cm³/mol. The van der Waals surface area contributed by atoms with Crippen molar-refractivity contribution in [2.24, 2.45) is 0 Å². The molecule has 7 heteroatoms. The molecule has 0 fully saturated rings. The van der Waals surface area contributed by atoms with E-state index in [1.54, 1.807) is 6.07 Å². The Morgan fingerprint density at radius 2 is 1.92 bits per heavy atom. The Balaban J connectivity index is 1.67. The minimum Gasteiger partial charge on any atom is -0.478 e. The summed E-state index contributed by atoms with van der Waals surface area (Å²) in [4.78, 5) is 39.1. The van der Waals surface area contributed by atoms with E-state index >= 15 is 0 Å². The monoisotopic (exact) mass is 337 g/mol. The molecule has 0 saturated carbocycles. The van der Waals surface area contributed by atoms with Gasteiger partial charge in [0.05, 0.1) is 16.6 Å². The van der Waals surface area contributed by atoms with Crippen LogP contribution in [0.2, 0.25) is 0 Å². The van der Waals surface area contributed by atoms with Gasteiger partial charge in [-0.3, -0.25) is 14.6 Å². The van der Waals surface area contributed by atoms with Gasteiger partial charge in [-0.05, 0) is 18.2 Å². The average Bonchev–Trinajstić information content (AvgIpc) is 2.62. The summed E-state index contributed by atoms with van der Waals surface area (Å²) >= 11 is 0. The van der Waals surface area contributed by atoms with Gasteiger partial charge in [-0.25, -0.2) is 4.79 Å². The van der Waals surface area contributed by atoms with Crippen LogP contribution in [0.3, 0.4) is 0 Å². The van der Waals surface area contributed by atoms with Gasteiger partial charge in [0.15, 0.2) is 0 Å². The zero-order valence-electron chi connectivity index (χ0n) is 13.2. The molecule has 7 nitrogen and oxygen atoms in total. The molecule has 3 aromatic rings. The highest BCUT2D eigenvalue weighted by molar-refractivity contribution is 5.97. The van der Waals surface area contributed by atoms with Crippen molar-refractivity contribution in [2.75, 3.05) is 6.54 Å².